The van der Waals surface area contributed by atoms with Crippen LogP contribution in [0.15, 0.2) is 0 Å². The molecule has 3 heteroatoms. The van der Waals surface area contributed by atoms with Crippen LogP contribution in [0.1, 0.15) is 57.8 Å². The number of nitrogens with zero attached hydrogens (tertiary/aromatic N) is 1. The summed E-state index contributed by atoms with van der Waals surface area (Å²) in [5, 5.41) is 10.2. The summed E-state index contributed by atoms with van der Waals surface area (Å²) in [5.41, 5.74) is 0. The van der Waals surface area contributed by atoms with Crippen LogP contribution in [0.2, 0.25) is 0 Å². The normalized spacial score (nSPS) is 44.8. The maximum absolute atomic E-state index is 10.2. The molecule has 1 N–H and O–H groups in total. The Labute approximate surface area is 117 Å². The van der Waals surface area contributed by atoms with Gasteiger partial charge in [-0.15, -0.1) is 0 Å². The Hall–Kier alpha value is -0.120. The van der Waals surface area contributed by atoms with Crippen molar-refractivity contribution >= 4 is 0 Å². The highest BCUT2D eigenvalue weighted by Crippen LogP contribution is 2.39. The van der Waals surface area contributed by atoms with E-state index in [1.165, 1.54) is 57.9 Å². The number of rotatable bonds is 3. The van der Waals surface area contributed by atoms with Crippen LogP contribution in [0.25, 0.3) is 0 Å². The van der Waals surface area contributed by atoms with Crippen molar-refractivity contribution in [2.75, 3.05) is 13.7 Å². The Morgan fingerprint density at radius 2 is 1.84 bits per heavy atom. The van der Waals surface area contributed by atoms with E-state index in [1.807, 2.05) is 7.11 Å². The zero-order valence-corrected chi connectivity index (χ0v) is 12.3. The average Bonchev–Trinajstić information content (AvgIpc) is 3.06. The van der Waals surface area contributed by atoms with Crippen LogP contribution in [0, 0.1) is 5.92 Å². The van der Waals surface area contributed by atoms with Gasteiger partial charge in [-0.25, -0.2) is 0 Å². The molecule has 0 spiro atoms. The smallest absolute Gasteiger partial charge is 0.0586 e. The fraction of sp³-hybridized carbons (Fsp3) is 1.00. The minimum atomic E-state index is -0.0348. The van der Waals surface area contributed by atoms with Crippen molar-refractivity contribution in [2.45, 2.75) is 82.1 Å². The summed E-state index contributed by atoms with van der Waals surface area (Å²) >= 11 is 0. The minimum absolute atomic E-state index is 0.0348. The lowest BCUT2D eigenvalue weighted by Crippen LogP contribution is -2.47. The van der Waals surface area contributed by atoms with Crippen LogP contribution in [0.4, 0.5) is 0 Å². The summed E-state index contributed by atoms with van der Waals surface area (Å²) < 4.78 is 5.59. The molecule has 3 aliphatic rings. The van der Waals surface area contributed by atoms with Gasteiger partial charge in [0.1, 0.15) is 0 Å². The van der Waals surface area contributed by atoms with Crippen molar-refractivity contribution in [1.82, 2.24) is 4.90 Å². The molecule has 5 unspecified atom stereocenters. The van der Waals surface area contributed by atoms with Crippen LogP contribution in [0.5, 0.6) is 0 Å². The van der Waals surface area contributed by atoms with E-state index >= 15 is 0 Å². The van der Waals surface area contributed by atoms with Gasteiger partial charge in [0.2, 0.25) is 0 Å². The van der Waals surface area contributed by atoms with Gasteiger partial charge in [0, 0.05) is 25.1 Å². The molecule has 0 aromatic carbocycles. The standard InChI is InChI=1S/C16H29NO2/c1-19-13-6-2-5-12(11-13)17-10-4-8-15(17)14-7-3-9-16(14)18/h12-16,18H,2-11H2,1H3. The Morgan fingerprint density at radius 1 is 1.00 bits per heavy atom. The predicted octanol–water partition coefficient (Wildman–Crippen LogP) is 2.57. The lowest BCUT2D eigenvalue weighted by Gasteiger charge is -2.40. The highest BCUT2D eigenvalue weighted by atomic mass is 16.5. The maximum Gasteiger partial charge on any atom is 0.0586 e. The van der Waals surface area contributed by atoms with Gasteiger partial charge in [-0.3, -0.25) is 4.90 Å². The molecule has 2 aliphatic carbocycles. The monoisotopic (exact) mass is 267 g/mol. The first-order valence-corrected chi connectivity index (χ1v) is 8.26. The summed E-state index contributed by atoms with van der Waals surface area (Å²) in [6.07, 6.45) is 11.6. The highest BCUT2D eigenvalue weighted by Gasteiger charge is 2.41. The number of aliphatic hydroxyl groups is 1. The number of hydrogen-bond donors (Lipinski definition) is 1. The minimum Gasteiger partial charge on any atom is -0.393 e. The van der Waals surface area contributed by atoms with Crippen molar-refractivity contribution in [3.8, 4) is 0 Å². The van der Waals surface area contributed by atoms with Crippen molar-refractivity contribution in [2.24, 2.45) is 5.92 Å². The fourth-order valence-corrected chi connectivity index (χ4v) is 4.78. The van der Waals surface area contributed by atoms with E-state index in [-0.39, 0.29) is 6.10 Å². The summed E-state index contributed by atoms with van der Waals surface area (Å²) in [6.45, 7) is 1.25. The molecule has 0 bridgehead atoms. The molecule has 0 aromatic heterocycles. The third kappa shape index (κ3) is 2.84. The number of aliphatic hydroxyl groups excluding tert-OH is 1. The second kappa shape index (κ2) is 6.11. The largest absolute Gasteiger partial charge is 0.393 e. The summed E-state index contributed by atoms with van der Waals surface area (Å²) in [5.74, 6) is 0.547. The van der Waals surface area contributed by atoms with E-state index in [0.717, 1.165) is 6.42 Å². The van der Waals surface area contributed by atoms with Crippen LogP contribution < -0.4 is 0 Å². The van der Waals surface area contributed by atoms with Crippen LogP contribution in [-0.4, -0.2) is 48.0 Å². The zero-order valence-electron chi connectivity index (χ0n) is 12.3. The van der Waals surface area contributed by atoms with Crippen LogP contribution >= 0.6 is 0 Å². The topological polar surface area (TPSA) is 32.7 Å². The van der Waals surface area contributed by atoms with E-state index in [9.17, 15) is 5.11 Å². The Balaban J connectivity index is 1.65. The maximum atomic E-state index is 10.2. The molecule has 3 fully saturated rings. The van der Waals surface area contributed by atoms with Gasteiger partial charge in [0.15, 0.2) is 0 Å². The lowest BCUT2D eigenvalue weighted by atomic mass is 9.88. The zero-order chi connectivity index (χ0) is 13.2. The van der Waals surface area contributed by atoms with Crippen LogP contribution in [-0.2, 0) is 4.74 Å². The first-order valence-electron chi connectivity index (χ1n) is 8.26. The molecule has 3 rings (SSSR count). The van der Waals surface area contributed by atoms with E-state index in [4.69, 9.17) is 4.74 Å². The van der Waals surface area contributed by atoms with E-state index in [0.29, 0.717) is 24.1 Å². The summed E-state index contributed by atoms with van der Waals surface area (Å²) in [7, 11) is 1.86. The van der Waals surface area contributed by atoms with Crippen molar-refractivity contribution in [3.63, 3.8) is 0 Å². The number of likely N-dealkylation sites (tertiary alicyclic amines) is 1. The number of methoxy groups -OCH3 is 1. The lowest BCUT2D eigenvalue weighted by molar-refractivity contribution is 0.00339. The van der Waals surface area contributed by atoms with Gasteiger partial charge in [0.05, 0.1) is 12.2 Å². The number of hydrogen-bond acceptors (Lipinski definition) is 3. The SMILES string of the molecule is COC1CCCC(N2CCCC2C2CCCC2O)C1. The van der Waals surface area contributed by atoms with Gasteiger partial charge >= 0.3 is 0 Å². The van der Waals surface area contributed by atoms with Crippen molar-refractivity contribution in [1.29, 1.82) is 0 Å². The third-order valence-corrected chi connectivity index (χ3v) is 5.77. The van der Waals surface area contributed by atoms with Gasteiger partial charge in [0.25, 0.3) is 0 Å². The fourth-order valence-electron chi connectivity index (χ4n) is 4.78. The molecule has 0 aromatic rings. The van der Waals surface area contributed by atoms with Gasteiger partial charge in [-0.05, 0) is 57.9 Å². The first kappa shape index (κ1) is 13.8. The predicted molar refractivity (Wildman–Crippen MR) is 76.1 cm³/mol. The molecular weight excluding hydrogens is 238 g/mol. The molecule has 5 atom stereocenters. The van der Waals surface area contributed by atoms with Gasteiger partial charge in [-0.2, -0.15) is 0 Å². The van der Waals surface area contributed by atoms with E-state index < -0.39 is 0 Å². The van der Waals surface area contributed by atoms with E-state index in [1.54, 1.807) is 0 Å². The summed E-state index contributed by atoms with van der Waals surface area (Å²) in [4.78, 5) is 2.74. The van der Waals surface area contributed by atoms with Gasteiger partial charge < -0.3 is 9.84 Å². The molecule has 0 radical (unpaired) electrons. The molecular formula is C16H29NO2. The summed E-state index contributed by atoms with van der Waals surface area (Å²) in [6, 6.07) is 1.36. The highest BCUT2D eigenvalue weighted by molar-refractivity contribution is 4.95. The van der Waals surface area contributed by atoms with Crippen molar-refractivity contribution < 1.29 is 9.84 Å². The Bertz CT molecular complexity index is 296. The van der Waals surface area contributed by atoms with Gasteiger partial charge in [-0.1, -0.05) is 6.42 Å². The second-order valence-corrected chi connectivity index (χ2v) is 6.79. The first-order chi connectivity index (χ1) is 9.29. The molecule has 110 valence electrons. The Kier molecular flexibility index (Phi) is 4.45. The molecule has 2 saturated carbocycles. The van der Waals surface area contributed by atoms with Crippen molar-refractivity contribution in [3.05, 3.63) is 0 Å². The van der Waals surface area contributed by atoms with E-state index in [2.05, 4.69) is 4.90 Å². The molecule has 3 nitrogen and oxygen atoms in total. The Morgan fingerprint density at radius 3 is 2.58 bits per heavy atom. The average molecular weight is 267 g/mol. The second-order valence-electron chi connectivity index (χ2n) is 6.79. The quantitative estimate of drug-likeness (QED) is 0.853. The van der Waals surface area contributed by atoms with Crippen LogP contribution in [0.3, 0.4) is 0 Å². The molecule has 1 saturated heterocycles. The molecule has 1 heterocycles. The third-order valence-electron chi connectivity index (χ3n) is 5.77. The molecule has 1 aliphatic heterocycles. The number of ether oxygens (including phenoxy) is 1. The molecule has 0 amide bonds. The molecule has 19 heavy (non-hydrogen) atoms.